The molecule has 0 fully saturated rings. The van der Waals surface area contributed by atoms with Gasteiger partial charge in [0.25, 0.3) is 0 Å². The molecule has 45 heavy (non-hydrogen) atoms. The lowest BCUT2D eigenvalue weighted by molar-refractivity contribution is 1.10. The first kappa shape index (κ1) is 25.4. The molecule has 0 spiro atoms. The van der Waals surface area contributed by atoms with E-state index in [1.165, 1.54) is 10.8 Å². The van der Waals surface area contributed by atoms with Gasteiger partial charge >= 0.3 is 0 Å². The molecule has 0 aliphatic rings. The van der Waals surface area contributed by atoms with E-state index in [1.54, 1.807) is 0 Å². The van der Waals surface area contributed by atoms with Gasteiger partial charge in [-0.25, -0.2) is 15.0 Å². The number of imidazole rings is 1. The van der Waals surface area contributed by atoms with Gasteiger partial charge in [-0.2, -0.15) is 0 Å². The molecule has 0 aliphatic heterocycles. The molecule has 0 amide bonds. The molecule has 7 aromatic carbocycles. The minimum atomic E-state index is 0.699. The second kappa shape index (κ2) is 10.2. The molecule has 0 N–H and O–H groups in total. The zero-order valence-corrected chi connectivity index (χ0v) is 24.3. The third-order valence-corrected chi connectivity index (χ3v) is 8.61. The molecule has 0 saturated carbocycles. The first-order valence-electron chi connectivity index (χ1n) is 15.1. The van der Waals surface area contributed by atoms with E-state index in [1.807, 2.05) is 12.1 Å². The number of nitrogens with zero attached hydrogens (tertiary/aromatic N) is 4. The average molecular weight is 575 g/mol. The Kier molecular flexibility index (Phi) is 5.78. The van der Waals surface area contributed by atoms with Crippen LogP contribution >= 0.6 is 0 Å². The van der Waals surface area contributed by atoms with E-state index in [9.17, 15) is 0 Å². The summed E-state index contributed by atoms with van der Waals surface area (Å²) in [6, 6.07) is 54.9. The van der Waals surface area contributed by atoms with Crippen LogP contribution in [-0.2, 0) is 0 Å². The minimum absolute atomic E-state index is 0.699. The van der Waals surface area contributed by atoms with Crippen LogP contribution < -0.4 is 0 Å². The predicted molar refractivity (Wildman–Crippen MR) is 185 cm³/mol. The van der Waals surface area contributed by atoms with E-state index >= 15 is 0 Å². The van der Waals surface area contributed by atoms with Crippen LogP contribution in [0.2, 0.25) is 0 Å². The van der Waals surface area contributed by atoms with Crippen molar-refractivity contribution in [2.75, 3.05) is 0 Å². The van der Waals surface area contributed by atoms with Gasteiger partial charge in [0.15, 0.2) is 5.82 Å². The Morgan fingerprint density at radius 1 is 0.422 bits per heavy atom. The van der Waals surface area contributed by atoms with Crippen molar-refractivity contribution in [1.29, 1.82) is 0 Å². The Balaban J connectivity index is 1.24. The van der Waals surface area contributed by atoms with E-state index in [0.29, 0.717) is 5.82 Å². The minimum Gasteiger partial charge on any atom is -0.292 e. The summed E-state index contributed by atoms with van der Waals surface area (Å²) in [5, 5.41) is 5.69. The van der Waals surface area contributed by atoms with Crippen molar-refractivity contribution >= 4 is 43.5 Å². The molecule has 0 bridgehead atoms. The zero-order chi connectivity index (χ0) is 29.7. The Labute approximate surface area is 259 Å². The summed E-state index contributed by atoms with van der Waals surface area (Å²) in [5.41, 5.74) is 8.09. The largest absolute Gasteiger partial charge is 0.292 e. The summed E-state index contributed by atoms with van der Waals surface area (Å²) in [5.74, 6) is 1.60. The molecular formula is C41H26N4. The van der Waals surface area contributed by atoms with Gasteiger partial charge in [-0.15, -0.1) is 0 Å². The molecule has 0 aliphatic carbocycles. The molecule has 9 rings (SSSR count). The second-order valence-corrected chi connectivity index (χ2v) is 11.3. The summed E-state index contributed by atoms with van der Waals surface area (Å²) in [7, 11) is 0. The molecule has 2 heterocycles. The van der Waals surface area contributed by atoms with Crippen molar-refractivity contribution in [2.24, 2.45) is 0 Å². The van der Waals surface area contributed by atoms with Crippen LogP contribution in [0.25, 0.3) is 83.2 Å². The van der Waals surface area contributed by atoms with Crippen LogP contribution in [0, 0.1) is 0 Å². The molecule has 0 saturated heterocycles. The van der Waals surface area contributed by atoms with Gasteiger partial charge in [0.05, 0.1) is 22.2 Å². The number of benzene rings is 7. The highest BCUT2D eigenvalue weighted by molar-refractivity contribution is 6.12. The highest BCUT2D eigenvalue weighted by Crippen LogP contribution is 2.37. The van der Waals surface area contributed by atoms with Crippen LogP contribution in [-0.4, -0.2) is 19.5 Å². The molecule has 0 unspecified atom stereocenters. The van der Waals surface area contributed by atoms with E-state index in [0.717, 1.165) is 66.6 Å². The lowest BCUT2D eigenvalue weighted by Crippen LogP contribution is -1.98. The van der Waals surface area contributed by atoms with E-state index in [-0.39, 0.29) is 0 Å². The maximum absolute atomic E-state index is 5.27. The van der Waals surface area contributed by atoms with Crippen LogP contribution in [0.3, 0.4) is 0 Å². The summed E-state index contributed by atoms with van der Waals surface area (Å²) >= 11 is 0. The van der Waals surface area contributed by atoms with Crippen molar-refractivity contribution < 1.29 is 0 Å². The SMILES string of the molecule is c1ccc(-n2c(-c3ccc(-c4nc(-c5cccc6ccccc56)c5ccc6ccccc6c5n4)cc3)nc3ccccc32)cc1. The molecule has 9 aromatic rings. The summed E-state index contributed by atoms with van der Waals surface area (Å²) in [4.78, 5) is 15.5. The number of fused-ring (bicyclic) bond motifs is 5. The van der Waals surface area contributed by atoms with E-state index < -0.39 is 0 Å². The van der Waals surface area contributed by atoms with Crippen LogP contribution in [0.5, 0.6) is 0 Å². The number of hydrogen-bond acceptors (Lipinski definition) is 3. The third kappa shape index (κ3) is 4.19. The number of rotatable bonds is 4. The molecular weight excluding hydrogens is 548 g/mol. The molecule has 4 heteroatoms. The van der Waals surface area contributed by atoms with Crippen LogP contribution in [0.1, 0.15) is 0 Å². The normalized spacial score (nSPS) is 11.6. The maximum atomic E-state index is 5.27. The average Bonchev–Trinajstić information content (AvgIpc) is 3.51. The Morgan fingerprint density at radius 2 is 1.09 bits per heavy atom. The quantitative estimate of drug-likeness (QED) is 0.196. The second-order valence-electron chi connectivity index (χ2n) is 11.3. The van der Waals surface area contributed by atoms with Gasteiger partial charge in [-0.3, -0.25) is 4.57 Å². The van der Waals surface area contributed by atoms with Crippen molar-refractivity contribution in [3.8, 4) is 39.7 Å². The molecule has 210 valence electrons. The summed E-state index contributed by atoms with van der Waals surface area (Å²) < 4.78 is 2.22. The predicted octanol–water partition coefficient (Wildman–Crippen LogP) is 10.3. The van der Waals surface area contributed by atoms with Gasteiger partial charge in [0, 0.05) is 33.2 Å². The van der Waals surface area contributed by atoms with Gasteiger partial charge in [0.2, 0.25) is 0 Å². The van der Waals surface area contributed by atoms with Crippen molar-refractivity contribution in [3.05, 3.63) is 158 Å². The Morgan fingerprint density at radius 3 is 1.93 bits per heavy atom. The van der Waals surface area contributed by atoms with Crippen molar-refractivity contribution in [1.82, 2.24) is 19.5 Å². The monoisotopic (exact) mass is 574 g/mol. The van der Waals surface area contributed by atoms with E-state index in [2.05, 4.69) is 150 Å². The zero-order valence-electron chi connectivity index (χ0n) is 24.3. The fraction of sp³-hybridized carbons (Fsp3) is 0. The Bertz CT molecular complexity index is 2520. The maximum Gasteiger partial charge on any atom is 0.160 e. The van der Waals surface area contributed by atoms with Crippen molar-refractivity contribution in [2.45, 2.75) is 0 Å². The van der Waals surface area contributed by atoms with Gasteiger partial charge in [-0.05, 0) is 46.5 Å². The third-order valence-electron chi connectivity index (χ3n) is 8.61. The van der Waals surface area contributed by atoms with Gasteiger partial charge in [-0.1, -0.05) is 127 Å². The highest BCUT2D eigenvalue weighted by Gasteiger charge is 2.17. The molecule has 0 radical (unpaired) electrons. The van der Waals surface area contributed by atoms with Crippen molar-refractivity contribution in [3.63, 3.8) is 0 Å². The first-order chi connectivity index (χ1) is 22.3. The lowest BCUT2D eigenvalue weighted by Gasteiger charge is -2.14. The summed E-state index contributed by atoms with van der Waals surface area (Å²) in [6.07, 6.45) is 0. The highest BCUT2D eigenvalue weighted by atomic mass is 15.1. The topological polar surface area (TPSA) is 43.6 Å². The first-order valence-corrected chi connectivity index (χ1v) is 15.1. The molecule has 2 aromatic heterocycles. The van der Waals surface area contributed by atoms with E-state index in [4.69, 9.17) is 15.0 Å². The molecule has 4 nitrogen and oxygen atoms in total. The fourth-order valence-electron chi connectivity index (χ4n) is 6.46. The molecule has 0 atom stereocenters. The lowest BCUT2D eigenvalue weighted by atomic mass is 9.97. The number of aromatic nitrogens is 4. The number of hydrogen-bond donors (Lipinski definition) is 0. The Hall–Kier alpha value is -6.13. The smallest absolute Gasteiger partial charge is 0.160 e. The summed E-state index contributed by atoms with van der Waals surface area (Å²) in [6.45, 7) is 0. The standard InChI is InChI=1S/C41H26N4/c1-2-14-31(15-3-1)45-37-20-9-8-19-36(37)42-41(45)30-23-21-29(22-24-30)40-43-38-33-17-7-5-12-28(33)25-26-35(38)39(44-40)34-18-10-13-27-11-4-6-16-32(27)34/h1-26H. The van der Waals surface area contributed by atoms with Gasteiger partial charge in [0.1, 0.15) is 5.82 Å². The van der Waals surface area contributed by atoms with Crippen LogP contribution in [0.15, 0.2) is 158 Å². The van der Waals surface area contributed by atoms with Gasteiger partial charge < -0.3 is 0 Å². The fourth-order valence-corrected chi connectivity index (χ4v) is 6.46. The number of para-hydroxylation sites is 3. The van der Waals surface area contributed by atoms with Crippen LogP contribution in [0.4, 0.5) is 0 Å².